The molecule has 0 aromatic heterocycles. The van der Waals surface area contributed by atoms with E-state index in [1.54, 1.807) is 6.07 Å². The molecule has 0 bridgehead atoms. The topological polar surface area (TPSA) is 75.3 Å². The number of phenolic OH excluding ortho intramolecular Hbond substituents is 1. The smallest absolute Gasteiger partial charge is 0.251 e. The van der Waals surface area contributed by atoms with E-state index in [2.05, 4.69) is 5.32 Å². The number of carbonyl (C=O) groups excluding carboxylic acids is 1. The van der Waals surface area contributed by atoms with Crippen molar-refractivity contribution >= 4 is 5.91 Å². The van der Waals surface area contributed by atoms with Crippen LogP contribution in [0.2, 0.25) is 0 Å². The van der Waals surface area contributed by atoms with E-state index in [-0.39, 0.29) is 11.7 Å². The quantitative estimate of drug-likeness (QED) is 0.609. The van der Waals surface area contributed by atoms with Crippen LogP contribution in [-0.2, 0) is 6.54 Å². The monoisotopic (exact) mass is 180 g/mol. The van der Waals surface area contributed by atoms with Crippen LogP contribution >= 0.6 is 0 Å². The zero-order valence-electron chi connectivity index (χ0n) is 7.37. The number of nitrogens with one attached hydrogen (secondary N) is 1. The summed E-state index contributed by atoms with van der Waals surface area (Å²) < 4.78 is 0. The lowest BCUT2D eigenvalue weighted by Gasteiger charge is -2.03. The van der Waals surface area contributed by atoms with Gasteiger partial charge in [-0.15, -0.1) is 0 Å². The number of phenols is 1. The Labute approximate surface area is 76.4 Å². The molecule has 1 rings (SSSR count). The molecule has 1 aromatic carbocycles. The summed E-state index contributed by atoms with van der Waals surface area (Å²) in [5.74, 6) is -0.174. The molecule has 0 radical (unpaired) electrons. The first-order valence-electron chi connectivity index (χ1n) is 3.92. The van der Waals surface area contributed by atoms with E-state index in [0.29, 0.717) is 12.1 Å². The highest BCUT2D eigenvalue weighted by Crippen LogP contribution is 2.15. The molecule has 0 aliphatic rings. The van der Waals surface area contributed by atoms with E-state index < -0.39 is 0 Å². The van der Waals surface area contributed by atoms with Crippen molar-refractivity contribution in [2.75, 3.05) is 7.05 Å². The summed E-state index contributed by atoms with van der Waals surface area (Å²) in [7, 11) is 1.54. The third kappa shape index (κ3) is 2.19. The molecule has 0 aliphatic carbocycles. The molecule has 4 heteroatoms. The number of amides is 1. The van der Waals surface area contributed by atoms with Gasteiger partial charge in [0.15, 0.2) is 0 Å². The Morgan fingerprint density at radius 1 is 1.54 bits per heavy atom. The van der Waals surface area contributed by atoms with Gasteiger partial charge in [0.1, 0.15) is 5.75 Å². The first-order valence-corrected chi connectivity index (χ1v) is 3.92. The molecule has 0 atom stereocenters. The van der Waals surface area contributed by atoms with Crippen molar-refractivity contribution in [1.29, 1.82) is 0 Å². The normalized spacial score (nSPS) is 9.69. The van der Waals surface area contributed by atoms with Crippen molar-refractivity contribution in [3.05, 3.63) is 29.3 Å². The summed E-state index contributed by atoms with van der Waals surface area (Å²) in [6.45, 7) is 0.304. The van der Waals surface area contributed by atoms with Crippen molar-refractivity contribution in [3.63, 3.8) is 0 Å². The zero-order chi connectivity index (χ0) is 9.84. The maximum atomic E-state index is 11.2. The molecular weight excluding hydrogens is 168 g/mol. The van der Waals surface area contributed by atoms with Gasteiger partial charge >= 0.3 is 0 Å². The Bertz CT molecular complexity index is 323. The Kier molecular flexibility index (Phi) is 2.87. The highest BCUT2D eigenvalue weighted by atomic mass is 16.3. The number of nitrogens with two attached hydrogens (primary N) is 1. The fraction of sp³-hybridized carbons (Fsp3) is 0.222. The number of hydrogen-bond acceptors (Lipinski definition) is 3. The average molecular weight is 180 g/mol. The zero-order valence-corrected chi connectivity index (χ0v) is 7.37. The van der Waals surface area contributed by atoms with Gasteiger partial charge in [-0.05, 0) is 23.8 Å². The van der Waals surface area contributed by atoms with Gasteiger partial charge in [0.05, 0.1) is 0 Å². The van der Waals surface area contributed by atoms with Gasteiger partial charge in [0, 0.05) is 19.2 Å². The molecule has 1 aromatic rings. The summed E-state index contributed by atoms with van der Waals surface area (Å²) in [5.41, 5.74) is 6.54. The third-order valence-corrected chi connectivity index (χ3v) is 1.70. The third-order valence-electron chi connectivity index (χ3n) is 1.70. The van der Waals surface area contributed by atoms with Crippen molar-refractivity contribution < 1.29 is 9.90 Å². The second-order valence-electron chi connectivity index (χ2n) is 2.67. The van der Waals surface area contributed by atoms with Crippen LogP contribution in [0.4, 0.5) is 0 Å². The molecule has 0 unspecified atom stereocenters. The number of carbonyl (C=O) groups is 1. The minimum atomic E-state index is -0.231. The fourth-order valence-electron chi connectivity index (χ4n) is 1.07. The second-order valence-corrected chi connectivity index (χ2v) is 2.67. The van der Waals surface area contributed by atoms with Gasteiger partial charge in [-0.25, -0.2) is 0 Å². The molecule has 0 spiro atoms. The maximum Gasteiger partial charge on any atom is 0.251 e. The van der Waals surface area contributed by atoms with E-state index >= 15 is 0 Å². The standard InChI is InChI=1S/C9H12N2O2/c1-11-9(13)7-2-6(5-10)3-8(12)4-7/h2-4,12H,5,10H2,1H3,(H,11,13). The number of rotatable bonds is 2. The van der Waals surface area contributed by atoms with E-state index in [1.165, 1.54) is 19.2 Å². The number of aromatic hydroxyl groups is 1. The Morgan fingerprint density at radius 3 is 2.77 bits per heavy atom. The molecule has 4 nitrogen and oxygen atoms in total. The van der Waals surface area contributed by atoms with Crippen LogP contribution in [-0.4, -0.2) is 18.1 Å². The number of hydrogen-bond donors (Lipinski definition) is 3. The summed E-state index contributed by atoms with van der Waals surface area (Å²) in [5, 5.41) is 11.7. The molecule has 70 valence electrons. The Hall–Kier alpha value is -1.55. The first-order chi connectivity index (χ1) is 6.17. The van der Waals surface area contributed by atoms with Gasteiger partial charge in [-0.2, -0.15) is 0 Å². The van der Waals surface area contributed by atoms with Crippen LogP contribution < -0.4 is 11.1 Å². The highest BCUT2D eigenvalue weighted by Gasteiger charge is 2.05. The predicted molar refractivity (Wildman–Crippen MR) is 49.4 cm³/mol. The second kappa shape index (κ2) is 3.91. The molecular formula is C9H12N2O2. The average Bonchev–Trinajstić information content (AvgIpc) is 2.15. The Morgan fingerprint density at radius 2 is 2.23 bits per heavy atom. The molecule has 0 aliphatic heterocycles. The van der Waals surface area contributed by atoms with Crippen molar-refractivity contribution in [3.8, 4) is 5.75 Å². The van der Waals surface area contributed by atoms with Crippen LogP contribution in [0.5, 0.6) is 5.75 Å². The molecule has 4 N–H and O–H groups in total. The molecule has 13 heavy (non-hydrogen) atoms. The first kappa shape index (κ1) is 9.54. The minimum absolute atomic E-state index is 0.0570. The van der Waals surface area contributed by atoms with Crippen LogP contribution in [0, 0.1) is 0 Å². The largest absolute Gasteiger partial charge is 0.508 e. The van der Waals surface area contributed by atoms with Crippen LogP contribution in [0.25, 0.3) is 0 Å². The van der Waals surface area contributed by atoms with E-state index in [1.807, 2.05) is 0 Å². The van der Waals surface area contributed by atoms with Crippen LogP contribution in [0.3, 0.4) is 0 Å². The van der Waals surface area contributed by atoms with Crippen molar-refractivity contribution in [1.82, 2.24) is 5.32 Å². The van der Waals surface area contributed by atoms with E-state index in [4.69, 9.17) is 5.73 Å². The fourth-order valence-corrected chi connectivity index (χ4v) is 1.07. The minimum Gasteiger partial charge on any atom is -0.508 e. The molecule has 0 saturated carbocycles. The van der Waals surface area contributed by atoms with Gasteiger partial charge in [0.2, 0.25) is 0 Å². The lowest BCUT2D eigenvalue weighted by Crippen LogP contribution is -2.18. The van der Waals surface area contributed by atoms with Crippen LogP contribution in [0.15, 0.2) is 18.2 Å². The highest BCUT2D eigenvalue weighted by molar-refractivity contribution is 5.94. The molecule has 0 heterocycles. The van der Waals surface area contributed by atoms with Crippen molar-refractivity contribution in [2.24, 2.45) is 5.73 Å². The van der Waals surface area contributed by atoms with Gasteiger partial charge in [-0.1, -0.05) is 0 Å². The van der Waals surface area contributed by atoms with E-state index in [0.717, 1.165) is 5.56 Å². The number of benzene rings is 1. The van der Waals surface area contributed by atoms with Crippen LogP contribution in [0.1, 0.15) is 15.9 Å². The van der Waals surface area contributed by atoms with E-state index in [9.17, 15) is 9.90 Å². The van der Waals surface area contributed by atoms with Gasteiger partial charge < -0.3 is 16.2 Å². The summed E-state index contributed by atoms with van der Waals surface area (Å²) >= 11 is 0. The maximum absolute atomic E-state index is 11.2. The SMILES string of the molecule is CNC(=O)c1cc(O)cc(CN)c1. The lowest BCUT2D eigenvalue weighted by molar-refractivity contribution is 0.0962. The molecule has 0 fully saturated rings. The van der Waals surface area contributed by atoms with Gasteiger partial charge in [-0.3, -0.25) is 4.79 Å². The lowest BCUT2D eigenvalue weighted by atomic mass is 10.1. The van der Waals surface area contributed by atoms with Gasteiger partial charge in [0.25, 0.3) is 5.91 Å². The Balaban J connectivity index is 3.08. The summed E-state index contributed by atoms with van der Waals surface area (Å²) in [6.07, 6.45) is 0. The summed E-state index contributed by atoms with van der Waals surface area (Å²) in [6, 6.07) is 4.59. The summed E-state index contributed by atoms with van der Waals surface area (Å²) in [4.78, 5) is 11.2. The van der Waals surface area contributed by atoms with Crippen molar-refractivity contribution in [2.45, 2.75) is 6.54 Å². The molecule has 1 amide bonds. The predicted octanol–water partition coefficient (Wildman–Crippen LogP) is 0.211. The molecule has 0 saturated heterocycles.